The van der Waals surface area contributed by atoms with Crippen LogP contribution in [0.5, 0.6) is 0 Å². The zero-order valence-corrected chi connectivity index (χ0v) is 8.65. The zero-order valence-electron chi connectivity index (χ0n) is 8.65. The van der Waals surface area contributed by atoms with Gasteiger partial charge in [-0.1, -0.05) is 0 Å². The molecule has 0 aromatic carbocycles. The second-order valence-corrected chi connectivity index (χ2v) is 3.84. The number of anilines is 1. The maximum Gasteiger partial charge on any atom is 0.252 e. The molecule has 1 heterocycles. The first-order valence-corrected chi connectivity index (χ1v) is 5.32. The molecule has 0 atom stereocenters. The van der Waals surface area contributed by atoms with Gasteiger partial charge in [0.15, 0.2) is 0 Å². The summed E-state index contributed by atoms with van der Waals surface area (Å²) in [5, 5.41) is 0. The number of aromatic amines is 1. The van der Waals surface area contributed by atoms with E-state index in [9.17, 15) is 4.79 Å². The van der Waals surface area contributed by atoms with Crippen molar-refractivity contribution in [2.75, 3.05) is 18.0 Å². The molecular formula is C10H16N4O. The van der Waals surface area contributed by atoms with Crippen LogP contribution in [0.25, 0.3) is 0 Å². The van der Waals surface area contributed by atoms with Gasteiger partial charge in [0.25, 0.3) is 5.56 Å². The highest BCUT2D eigenvalue weighted by molar-refractivity contribution is 5.39. The lowest BCUT2D eigenvalue weighted by Gasteiger charge is -2.22. The zero-order chi connectivity index (χ0) is 10.7. The minimum Gasteiger partial charge on any atom is -0.353 e. The summed E-state index contributed by atoms with van der Waals surface area (Å²) in [6.45, 7) is 1.56. The van der Waals surface area contributed by atoms with Crippen molar-refractivity contribution in [3.8, 4) is 0 Å². The third kappa shape index (κ3) is 2.56. The molecule has 0 radical (unpaired) electrons. The monoisotopic (exact) mass is 208 g/mol. The molecule has 0 aliphatic heterocycles. The van der Waals surface area contributed by atoms with Crippen LogP contribution in [-0.4, -0.2) is 29.1 Å². The third-order valence-electron chi connectivity index (χ3n) is 2.55. The first-order valence-electron chi connectivity index (χ1n) is 5.32. The Kier molecular flexibility index (Phi) is 3.01. The molecule has 5 heteroatoms. The molecule has 1 aromatic rings. The number of hydrogen-bond acceptors (Lipinski definition) is 4. The van der Waals surface area contributed by atoms with Crippen molar-refractivity contribution in [2.45, 2.75) is 25.3 Å². The van der Waals surface area contributed by atoms with E-state index in [0.717, 1.165) is 18.8 Å². The fourth-order valence-corrected chi connectivity index (χ4v) is 1.65. The maximum absolute atomic E-state index is 11.2. The lowest BCUT2D eigenvalue weighted by Crippen LogP contribution is -2.30. The number of aromatic nitrogens is 2. The lowest BCUT2D eigenvalue weighted by molar-refractivity contribution is 0.720. The highest BCUT2D eigenvalue weighted by Crippen LogP contribution is 2.29. The largest absolute Gasteiger partial charge is 0.353 e. The summed E-state index contributed by atoms with van der Waals surface area (Å²) in [6, 6.07) is 2.11. The Balaban J connectivity index is 2.12. The molecule has 1 aromatic heterocycles. The molecule has 2 rings (SSSR count). The second kappa shape index (κ2) is 4.44. The fourth-order valence-electron chi connectivity index (χ4n) is 1.65. The molecule has 1 saturated carbocycles. The summed E-state index contributed by atoms with van der Waals surface area (Å²) in [6.07, 6.45) is 4.78. The van der Waals surface area contributed by atoms with E-state index in [-0.39, 0.29) is 5.56 Å². The van der Waals surface area contributed by atoms with Crippen molar-refractivity contribution < 1.29 is 0 Å². The van der Waals surface area contributed by atoms with Gasteiger partial charge in [-0.3, -0.25) is 4.79 Å². The number of hydrogen-bond donors (Lipinski definition) is 2. The van der Waals surface area contributed by atoms with E-state index in [1.807, 2.05) is 0 Å². The minimum absolute atomic E-state index is 0.0987. The van der Waals surface area contributed by atoms with Crippen LogP contribution in [0.15, 0.2) is 17.2 Å². The molecule has 0 saturated heterocycles. The summed E-state index contributed by atoms with van der Waals surface area (Å²) in [5.74, 6) is 0.773. The Labute approximate surface area is 88.3 Å². The molecule has 82 valence electrons. The number of nitrogens with one attached hydrogen (secondary N) is 1. The Morgan fingerprint density at radius 1 is 1.60 bits per heavy atom. The van der Waals surface area contributed by atoms with Gasteiger partial charge >= 0.3 is 0 Å². The molecule has 3 N–H and O–H groups in total. The minimum atomic E-state index is -0.0987. The van der Waals surface area contributed by atoms with Gasteiger partial charge in [-0.25, -0.2) is 4.98 Å². The van der Waals surface area contributed by atoms with Crippen LogP contribution in [0, 0.1) is 0 Å². The first-order chi connectivity index (χ1) is 7.31. The topological polar surface area (TPSA) is 75.0 Å². The maximum atomic E-state index is 11.2. The van der Waals surface area contributed by atoms with Crippen molar-refractivity contribution in [1.82, 2.24) is 9.97 Å². The second-order valence-electron chi connectivity index (χ2n) is 3.84. The molecule has 1 aliphatic carbocycles. The highest BCUT2D eigenvalue weighted by atomic mass is 16.1. The van der Waals surface area contributed by atoms with Crippen molar-refractivity contribution >= 4 is 5.82 Å². The highest BCUT2D eigenvalue weighted by Gasteiger charge is 2.29. The quantitative estimate of drug-likeness (QED) is 0.719. The van der Waals surface area contributed by atoms with Crippen LogP contribution in [0.2, 0.25) is 0 Å². The van der Waals surface area contributed by atoms with Crippen LogP contribution in [-0.2, 0) is 0 Å². The smallest absolute Gasteiger partial charge is 0.252 e. The van der Waals surface area contributed by atoms with E-state index in [4.69, 9.17) is 5.73 Å². The number of rotatable bonds is 5. The molecule has 1 aliphatic rings. The standard InChI is InChI=1S/C10H16N4O/c11-4-1-5-14(8-2-3-8)9-6-10(15)13-7-12-9/h6-8H,1-5,11H2,(H,12,13,15). The fraction of sp³-hybridized carbons (Fsp3) is 0.600. The van der Waals surface area contributed by atoms with Gasteiger partial charge in [0.1, 0.15) is 5.82 Å². The van der Waals surface area contributed by atoms with Gasteiger partial charge in [0, 0.05) is 18.7 Å². The summed E-state index contributed by atoms with van der Waals surface area (Å²) in [4.78, 5) is 20.1. The molecular weight excluding hydrogens is 192 g/mol. The van der Waals surface area contributed by atoms with Crippen molar-refractivity contribution in [2.24, 2.45) is 5.73 Å². The molecule has 0 bridgehead atoms. The molecule has 0 unspecified atom stereocenters. The van der Waals surface area contributed by atoms with Gasteiger partial charge in [-0.05, 0) is 25.8 Å². The van der Waals surface area contributed by atoms with Gasteiger partial charge in [-0.2, -0.15) is 0 Å². The van der Waals surface area contributed by atoms with E-state index in [0.29, 0.717) is 12.6 Å². The van der Waals surface area contributed by atoms with Crippen LogP contribution >= 0.6 is 0 Å². The predicted molar refractivity (Wildman–Crippen MR) is 58.9 cm³/mol. The van der Waals surface area contributed by atoms with Crippen molar-refractivity contribution in [3.05, 3.63) is 22.7 Å². The normalized spacial score (nSPS) is 15.3. The summed E-state index contributed by atoms with van der Waals surface area (Å²) in [7, 11) is 0. The number of nitrogens with two attached hydrogens (primary N) is 1. The Morgan fingerprint density at radius 3 is 3.00 bits per heavy atom. The summed E-state index contributed by atoms with van der Waals surface area (Å²) >= 11 is 0. The number of H-pyrrole nitrogens is 1. The van der Waals surface area contributed by atoms with E-state index in [1.54, 1.807) is 6.07 Å². The van der Waals surface area contributed by atoms with E-state index in [1.165, 1.54) is 19.2 Å². The molecule has 0 spiro atoms. The Hall–Kier alpha value is -1.36. The molecule has 1 fully saturated rings. The van der Waals surface area contributed by atoms with E-state index < -0.39 is 0 Å². The van der Waals surface area contributed by atoms with E-state index >= 15 is 0 Å². The van der Waals surface area contributed by atoms with Crippen LogP contribution < -0.4 is 16.2 Å². The SMILES string of the molecule is NCCCN(c1cc(=O)[nH]cn1)C1CC1. The van der Waals surface area contributed by atoms with Crippen LogP contribution in [0.1, 0.15) is 19.3 Å². The van der Waals surface area contributed by atoms with Crippen molar-refractivity contribution in [1.29, 1.82) is 0 Å². The van der Waals surface area contributed by atoms with Crippen molar-refractivity contribution in [3.63, 3.8) is 0 Å². The average Bonchev–Trinajstić information content (AvgIpc) is 3.03. The van der Waals surface area contributed by atoms with Crippen LogP contribution in [0.3, 0.4) is 0 Å². The molecule has 0 amide bonds. The Bertz CT molecular complexity index is 372. The average molecular weight is 208 g/mol. The van der Waals surface area contributed by atoms with Gasteiger partial charge < -0.3 is 15.6 Å². The molecule has 15 heavy (non-hydrogen) atoms. The molecule has 5 nitrogen and oxygen atoms in total. The third-order valence-corrected chi connectivity index (χ3v) is 2.55. The Morgan fingerprint density at radius 2 is 2.40 bits per heavy atom. The predicted octanol–water partition coefficient (Wildman–Crippen LogP) is 0.0875. The van der Waals surface area contributed by atoms with E-state index in [2.05, 4.69) is 14.9 Å². The summed E-state index contributed by atoms with van der Waals surface area (Å²) < 4.78 is 0. The lowest BCUT2D eigenvalue weighted by atomic mass is 10.3. The van der Waals surface area contributed by atoms with Gasteiger partial charge in [-0.15, -0.1) is 0 Å². The summed E-state index contributed by atoms with van der Waals surface area (Å²) in [5.41, 5.74) is 5.39. The van der Waals surface area contributed by atoms with Gasteiger partial charge in [0.05, 0.1) is 6.33 Å². The first kappa shape index (κ1) is 10.2. The van der Waals surface area contributed by atoms with Gasteiger partial charge in [0.2, 0.25) is 0 Å². The number of nitrogens with zero attached hydrogens (tertiary/aromatic N) is 2. The van der Waals surface area contributed by atoms with Crippen LogP contribution in [0.4, 0.5) is 5.82 Å².